The molecule has 0 saturated heterocycles. The monoisotopic (exact) mass is 373 g/mol. The average molecular weight is 373 g/mol. The number of rotatable bonds is 6. The first-order valence-electron chi connectivity index (χ1n) is 8.29. The summed E-state index contributed by atoms with van der Waals surface area (Å²) in [5.41, 5.74) is 8.78. The van der Waals surface area contributed by atoms with Crippen molar-refractivity contribution in [3.05, 3.63) is 95.6 Å². The Kier molecular flexibility index (Phi) is 5.66. The fourth-order valence-corrected chi connectivity index (χ4v) is 2.58. The summed E-state index contributed by atoms with van der Waals surface area (Å²) in [5, 5.41) is 0. The largest absolute Gasteiger partial charge is 0.573 e. The Labute approximate surface area is 155 Å². The summed E-state index contributed by atoms with van der Waals surface area (Å²) in [6.45, 7) is 0.465. The van der Waals surface area contributed by atoms with Gasteiger partial charge in [-0.3, -0.25) is 0 Å². The van der Waals surface area contributed by atoms with Crippen molar-refractivity contribution in [3.63, 3.8) is 0 Å². The molecule has 0 unspecified atom stereocenters. The van der Waals surface area contributed by atoms with Gasteiger partial charge in [-0.05, 0) is 41.0 Å². The van der Waals surface area contributed by atoms with Crippen LogP contribution in [0.3, 0.4) is 0 Å². The summed E-state index contributed by atoms with van der Waals surface area (Å²) in [5.74, 6) is 0.437. The smallest absolute Gasteiger partial charge is 0.489 e. The van der Waals surface area contributed by atoms with Gasteiger partial charge in [-0.15, -0.1) is 13.2 Å². The van der Waals surface area contributed by atoms with Crippen molar-refractivity contribution in [2.45, 2.75) is 19.0 Å². The number of alkyl halides is 3. The summed E-state index contributed by atoms with van der Waals surface area (Å²) in [7, 11) is 0. The van der Waals surface area contributed by atoms with Crippen LogP contribution in [0.5, 0.6) is 11.5 Å². The first kappa shape index (κ1) is 18.8. The van der Waals surface area contributed by atoms with Crippen molar-refractivity contribution < 1.29 is 22.6 Å². The maximum atomic E-state index is 12.2. The molecule has 1 atom stereocenters. The zero-order chi connectivity index (χ0) is 19.3. The van der Waals surface area contributed by atoms with E-state index in [4.69, 9.17) is 10.5 Å². The maximum Gasteiger partial charge on any atom is 0.573 e. The van der Waals surface area contributed by atoms with Gasteiger partial charge in [-0.25, -0.2) is 0 Å². The second kappa shape index (κ2) is 8.14. The van der Waals surface area contributed by atoms with E-state index in [-0.39, 0.29) is 5.75 Å². The Balaban J connectivity index is 1.62. The van der Waals surface area contributed by atoms with Crippen LogP contribution < -0.4 is 15.2 Å². The Morgan fingerprint density at radius 3 is 1.78 bits per heavy atom. The third-order valence-electron chi connectivity index (χ3n) is 3.96. The van der Waals surface area contributed by atoms with Gasteiger partial charge in [-0.1, -0.05) is 54.6 Å². The SMILES string of the molecule is N[C@@H](c1ccc(OCc2ccccc2)cc1)c1ccc(OC(F)(F)F)cc1. The molecule has 2 N–H and O–H groups in total. The quantitative estimate of drug-likeness (QED) is 0.645. The van der Waals surface area contributed by atoms with E-state index in [1.807, 2.05) is 54.6 Å². The molecule has 0 saturated carbocycles. The summed E-state index contributed by atoms with van der Waals surface area (Å²) in [6, 6.07) is 22.2. The minimum absolute atomic E-state index is 0.275. The molecular weight excluding hydrogens is 355 g/mol. The zero-order valence-electron chi connectivity index (χ0n) is 14.3. The van der Waals surface area contributed by atoms with Crippen LogP contribution in [-0.4, -0.2) is 6.36 Å². The van der Waals surface area contributed by atoms with Gasteiger partial charge in [0, 0.05) is 0 Å². The van der Waals surface area contributed by atoms with Gasteiger partial charge >= 0.3 is 6.36 Å². The predicted octanol–water partition coefficient (Wildman–Crippen LogP) is 5.21. The van der Waals surface area contributed by atoms with Gasteiger partial charge in [0.1, 0.15) is 18.1 Å². The maximum absolute atomic E-state index is 12.2. The summed E-state index contributed by atoms with van der Waals surface area (Å²) >= 11 is 0. The molecule has 6 heteroatoms. The van der Waals surface area contributed by atoms with Crippen molar-refractivity contribution in [1.29, 1.82) is 0 Å². The van der Waals surface area contributed by atoms with E-state index >= 15 is 0 Å². The van der Waals surface area contributed by atoms with Crippen molar-refractivity contribution in [1.82, 2.24) is 0 Å². The van der Waals surface area contributed by atoms with E-state index in [0.29, 0.717) is 17.9 Å². The second-order valence-corrected chi connectivity index (χ2v) is 5.94. The van der Waals surface area contributed by atoms with Crippen LogP contribution in [0.4, 0.5) is 13.2 Å². The Hall–Kier alpha value is -2.99. The summed E-state index contributed by atoms with van der Waals surface area (Å²) in [6.07, 6.45) is -4.71. The molecule has 140 valence electrons. The van der Waals surface area contributed by atoms with Crippen LogP contribution in [0, 0.1) is 0 Å². The van der Waals surface area contributed by atoms with Crippen LogP contribution in [0.1, 0.15) is 22.7 Å². The Bertz CT molecular complexity index is 847. The predicted molar refractivity (Wildman–Crippen MR) is 96.4 cm³/mol. The van der Waals surface area contributed by atoms with E-state index in [0.717, 1.165) is 11.1 Å². The third kappa shape index (κ3) is 5.49. The highest BCUT2D eigenvalue weighted by Crippen LogP contribution is 2.27. The molecule has 0 spiro atoms. The highest BCUT2D eigenvalue weighted by molar-refractivity contribution is 5.37. The van der Waals surface area contributed by atoms with Crippen molar-refractivity contribution in [3.8, 4) is 11.5 Å². The number of nitrogens with two attached hydrogens (primary N) is 1. The number of benzene rings is 3. The van der Waals surface area contributed by atoms with Gasteiger partial charge < -0.3 is 15.2 Å². The average Bonchev–Trinajstić information content (AvgIpc) is 2.66. The minimum Gasteiger partial charge on any atom is -0.489 e. The summed E-state index contributed by atoms with van der Waals surface area (Å²) < 4.78 is 46.2. The molecule has 0 amide bonds. The van der Waals surface area contributed by atoms with E-state index in [1.54, 1.807) is 0 Å². The van der Waals surface area contributed by atoms with Crippen LogP contribution in [0.25, 0.3) is 0 Å². The number of ether oxygens (including phenoxy) is 2. The summed E-state index contributed by atoms with van der Waals surface area (Å²) in [4.78, 5) is 0. The molecule has 0 bridgehead atoms. The molecule has 0 aromatic heterocycles. The number of halogens is 3. The fraction of sp³-hybridized carbons (Fsp3) is 0.143. The Morgan fingerprint density at radius 2 is 1.26 bits per heavy atom. The third-order valence-corrected chi connectivity index (χ3v) is 3.96. The van der Waals surface area contributed by atoms with E-state index in [2.05, 4.69) is 4.74 Å². The van der Waals surface area contributed by atoms with Crippen molar-refractivity contribution >= 4 is 0 Å². The number of hydrogen-bond donors (Lipinski definition) is 1. The zero-order valence-corrected chi connectivity index (χ0v) is 14.3. The highest BCUT2D eigenvalue weighted by atomic mass is 19.4. The lowest BCUT2D eigenvalue weighted by Crippen LogP contribution is -2.17. The lowest BCUT2D eigenvalue weighted by molar-refractivity contribution is -0.274. The van der Waals surface area contributed by atoms with E-state index < -0.39 is 12.4 Å². The number of hydrogen-bond acceptors (Lipinski definition) is 3. The first-order chi connectivity index (χ1) is 12.9. The first-order valence-corrected chi connectivity index (χ1v) is 8.29. The van der Waals surface area contributed by atoms with Crippen LogP contribution in [0.2, 0.25) is 0 Å². The van der Waals surface area contributed by atoms with Crippen molar-refractivity contribution in [2.75, 3.05) is 0 Å². The molecule has 0 aliphatic carbocycles. The molecular formula is C21H18F3NO2. The van der Waals surface area contributed by atoms with E-state index in [1.165, 1.54) is 24.3 Å². The second-order valence-electron chi connectivity index (χ2n) is 5.94. The molecule has 0 fully saturated rings. The lowest BCUT2D eigenvalue weighted by atomic mass is 9.99. The molecule has 3 aromatic rings. The van der Waals surface area contributed by atoms with Gasteiger partial charge in [0.05, 0.1) is 6.04 Å². The topological polar surface area (TPSA) is 44.5 Å². The highest BCUT2D eigenvalue weighted by Gasteiger charge is 2.31. The fourth-order valence-electron chi connectivity index (χ4n) is 2.58. The molecule has 3 nitrogen and oxygen atoms in total. The Morgan fingerprint density at radius 1 is 0.741 bits per heavy atom. The normalized spacial score (nSPS) is 12.4. The molecule has 0 aliphatic heterocycles. The standard InChI is InChI=1S/C21H18F3NO2/c22-21(23,24)27-19-12-8-17(9-13-19)20(25)16-6-10-18(11-7-16)26-14-15-4-2-1-3-5-15/h1-13,20H,14,25H2/t20-/m0/s1. The molecule has 27 heavy (non-hydrogen) atoms. The minimum atomic E-state index is -4.71. The van der Waals surface area contributed by atoms with Crippen LogP contribution >= 0.6 is 0 Å². The molecule has 0 heterocycles. The van der Waals surface area contributed by atoms with E-state index in [9.17, 15) is 13.2 Å². The van der Waals surface area contributed by atoms with Crippen molar-refractivity contribution in [2.24, 2.45) is 5.73 Å². The van der Waals surface area contributed by atoms with Gasteiger partial charge in [0.2, 0.25) is 0 Å². The van der Waals surface area contributed by atoms with Crippen LogP contribution in [0.15, 0.2) is 78.9 Å². The van der Waals surface area contributed by atoms with Gasteiger partial charge in [0.25, 0.3) is 0 Å². The molecule has 3 aromatic carbocycles. The van der Waals surface area contributed by atoms with Crippen LogP contribution in [-0.2, 0) is 6.61 Å². The molecule has 0 aliphatic rings. The van der Waals surface area contributed by atoms with Gasteiger partial charge in [-0.2, -0.15) is 0 Å². The lowest BCUT2D eigenvalue weighted by Gasteiger charge is -2.15. The van der Waals surface area contributed by atoms with Gasteiger partial charge in [0.15, 0.2) is 0 Å². The molecule has 0 radical (unpaired) electrons. The molecule has 3 rings (SSSR count).